The van der Waals surface area contributed by atoms with Gasteiger partial charge in [-0.3, -0.25) is 0 Å². The minimum atomic E-state index is -0.529. The van der Waals surface area contributed by atoms with Crippen molar-refractivity contribution in [3.05, 3.63) is 23.8 Å². The molecule has 0 aromatic carbocycles. The van der Waals surface area contributed by atoms with Gasteiger partial charge in [0, 0.05) is 19.2 Å². The first-order valence-corrected chi connectivity index (χ1v) is 5.87. The first-order chi connectivity index (χ1) is 8.72. The summed E-state index contributed by atoms with van der Waals surface area (Å²) in [6.07, 6.45) is 1.02. The number of nitrogens with zero attached hydrogens (tertiary/aromatic N) is 2. The number of carbonyl (C=O) groups excluding carboxylic acids is 1. The molecule has 0 N–H and O–H groups in total. The molecule has 1 fully saturated rings. The fraction of sp³-hybridized carbons (Fsp3) is 0.500. The molecule has 5 nitrogen and oxygen atoms in total. The third-order valence-electron chi connectivity index (χ3n) is 2.65. The summed E-state index contributed by atoms with van der Waals surface area (Å²) in [6, 6.07) is 1.31. The van der Waals surface area contributed by atoms with Gasteiger partial charge in [-0.05, 0) is 6.92 Å². The van der Waals surface area contributed by atoms with Gasteiger partial charge in [0.1, 0.15) is 5.82 Å². The SMILES string of the molecule is CCOC(=O)c1ncc(F)cc1N1CCOCC1. The number of aromatic nitrogens is 1. The number of esters is 1. The quantitative estimate of drug-likeness (QED) is 0.759. The lowest BCUT2D eigenvalue weighted by Gasteiger charge is -2.29. The molecule has 0 amide bonds. The molecule has 0 unspecified atom stereocenters. The zero-order valence-corrected chi connectivity index (χ0v) is 10.2. The highest BCUT2D eigenvalue weighted by Crippen LogP contribution is 2.21. The minimum absolute atomic E-state index is 0.153. The van der Waals surface area contributed by atoms with Gasteiger partial charge in [-0.15, -0.1) is 0 Å². The van der Waals surface area contributed by atoms with Crippen molar-refractivity contribution in [3.8, 4) is 0 Å². The predicted molar refractivity (Wildman–Crippen MR) is 63.2 cm³/mol. The van der Waals surface area contributed by atoms with Gasteiger partial charge in [-0.25, -0.2) is 14.2 Å². The van der Waals surface area contributed by atoms with E-state index in [1.165, 1.54) is 6.07 Å². The van der Waals surface area contributed by atoms with E-state index in [9.17, 15) is 9.18 Å². The summed E-state index contributed by atoms with van der Waals surface area (Å²) in [5.41, 5.74) is 0.622. The summed E-state index contributed by atoms with van der Waals surface area (Å²) in [5.74, 6) is -0.997. The molecule has 1 aromatic rings. The highest BCUT2D eigenvalue weighted by Gasteiger charge is 2.21. The van der Waals surface area contributed by atoms with Gasteiger partial charge < -0.3 is 14.4 Å². The number of carbonyl (C=O) groups is 1. The normalized spacial score (nSPS) is 15.6. The summed E-state index contributed by atoms with van der Waals surface area (Å²) >= 11 is 0. The Balaban J connectivity index is 2.30. The van der Waals surface area contributed by atoms with Crippen molar-refractivity contribution in [2.24, 2.45) is 0 Å². The summed E-state index contributed by atoms with van der Waals surface area (Å²) in [4.78, 5) is 17.5. The van der Waals surface area contributed by atoms with Crippen molar-refractivity contribution < 1.29 is 18.7 Å². The van der Waals surface area contributed by atoms with Crippen molar-refractivity contribution in [1.29, 1.82) is 0 Å². The molecule has 2 heterocycles. The van der Waals surface area contributed by atoms with Crippen molar-refractivity contribution in [2.45, 2.75) is 6.92 Å². The molecule has 98 valence electrons. The lowest BCUT2D eigenvalue weighted by Crippen LogP contribution is -2.37. The smallest absolute Gasteiger partial charge is 0.359 e. The second kappa shape index (κ2) is 5.77. The molecule has 0 radical (unpaired) electrons. The average molecular weight is 254 g/mol. The van der Waals surface area contributed by atoms with Crippen LogP contribution < -0.4 is 4.90 Å². The van der Waals surface area contributed by atoms with Crippen LogP contribution in [0.2, 0.25) is 0 Å². The fourth-order valence-electron chi connectivity index (χ4n) is 1.83. The van der Waals surface area contributed by atoms with Crippen LogP contribution in [0.25, 0.3) is 0 Å². The molecule has 0 spiro atoms. The van der Waals surface area contributed by atoms with Crippen LogP contribution in [0.5, 0.6) is 0 Å². The number of morpholine rings is 1. The zero-order chi connectivity index (χ0) is 13.0. The molecule has 1 aliphatic rings. The van der Waals surface area contributed by atoms with E-state index in [1.54, 1.807) is 6.92 Å². The molecule has 1 saturated heterocycles. The molecule has 0 atom stereocenters. The average Bonchev–Trinajstić information content (AvgIpc) is 2.40. The molecule has 0 bridgehead atoms. The van der Waals surface area contributed by atoms with E-state index >= 15 is 0 Å². The maximum absolute atomic E-state index is 13.3. The van der Waals surface area contributed by atoms with Crippen LogP contribution in [0, 0.1) is 5.82 Å². The molecule has 6 heteroatoms. The molecular weight excluding hydrogens is 239 g/mol. The van der Waals surface area contributed by atoms with Gasteiger partial charge in [-0.2, -0.15) is 0 Å². The summed E-state index contributed by atoms with van der Waals surface area (Å²) in [5, 5.41) is 0. The van der Waals surface area contributed by atoms with E-state index in [2.05, 4.69) is 4.98 Å². The molecule has 1 aromatic heterocycles. The van der Waals surface area contributed by atoms with Gasteiger partial charge in [0.15, 0.2) is 5.69 Å². The molecule has 1 aliphatic heterocycles. The van der Waals surface area contributed by atoms with Crippen LogP contribution in [0.3, 0.4) is 0 Å². The highest BCUT2D eigenvalue weighted by molar-refractivity contribution is 5.93. The maximum atomic E-state index is 13.3. The van der Waals surface area contributed by atoms with Crippen molar-refractivity contribution >= 4 is 11.7 Å². The Labute approximate surface area is 105 Å². The van der Waals surface area contributed by atoms with Crippen LogP contribution in [0.1, 0.15) is 17.4 Å². The Kier molecular flexibility index (Phi) is 4.09. The van der Waals surface area contributed by atoms with Crippen molar-refractivity contribution in [3.63, 3.8) is 0 Å². The largest absolute Gasteiger partial charge is 0.461 e. The van der Waals surface area contributed by atoms with E-state index in [0.717, 1.165) is 6.20 Å². The number of ether oxygens (including phenoxy) is 2. The first kappa shape index (κ1) is 12.8. The molecule has 18 heavy (non-hydrogen) atoms. The van der Waals surface area contributed by atoms with Crippen LogP contribution in [0.4, 0.5) is 10.1 Å². The van der Waals surface area contributed by atoms with E-state index in [4.69, 9.17) is 9.47 Å². The van der Waals surface area contributed by atoms with Crippen LogP contribution in [-0.4, -0.2) is 43.9 Å². The third kappa shape index (κ3) is 2.76. The minimum Gasteiger partial charge on any atom is -0.461 e. The van der Waals surface area contributed by atoms with E-state index in [-0.39, 0.29) is 12.3 Å². The lowest BCUT2D eigenvalue weighted by molar-refractivity contribution is 0.0519. The second-order valence-corrected chi connectivity index (χ2v) is 3.84. The van der Waals surface area contributed by atoms with Crippen molar-refractivity contribution in [2.75, 3.05) is 37.8 Å². The number of rotatable bonds is 3. The summed E-state index contributed by atoms with van der Waals surface area (Å²) in [6.45, 7) is 4.31. The Bertz CT molecular complexity index is 433. The Hall–Kier alpha value is -1.69. The van der Waals surface area contributed by atoms with E-state index in [1.807, 2.05) is 4.90 Å². The van der Waals surface area contributed by atoms with Crippen LogP contribution in [0.15, 0.2) is 12.3 Å². The number of halogens is 1. The number of hydrogen-bond acceptors (Lipinski definition) is 5. The second-order valence-electron chi connectivity index (χ2n) is 3.84. The first-order valence-electron chi connectivity index (χ1n) is 5.87. The van der Waals surface area contributed by atoms with Gasteiger partial charge in [0.25, 0.3) is 0 Å². The standard InChI is InChI=1S/C12H15FN2O3/c1-2-18-12(16)11-10(7-9(13)8-14-11)15-3-5-17-6-4-15/h7-8H,2-6H2,1H3. The summed E-state index contributed by atoms with van der Waals surface area (Å²) < 4.78 is 23.4. The highest BCUT2D eigenvalue weighted by atomic mass is 19.1. The number of anilines is 1. The molecule has 0 aliphatic carbocycles. The third-order valence-corrected chi connectivity index (χ3v) is 2.65. The lowest BCUT2D eigenvalue weighted by atomic mass is 10.2. The van der Waals surface area contributed by atoms with Gasteiger partial charge in [0.2, 0.25) is 0 Å². The zero-order valence-electron chi connectivity index (χ0n) is 10.2. The molecule has 2 rings (SSSR count). The van der Waals surface area contributed by atoms with Gasteiger partial charge >= 0.3 is 5.97 Å². The molecular formula is C12H15FN2O3. The monoisotopic (exact) mass is 254 g/mol. The molecule has 0 saturated carbocycles. The maximum Gasteiger partial charge on any atom is 0.359 e. The van der Waals surface area contributed by atoms with Crippen LogP contribution in [-0.2, 0) is 9.47 Å². The number of pyridine rings is 1. The van der Waals surface area contributed by atoms with Gasteiger partial charge in [-0.1, -0.05) is 0 Å². The summed E-state index contributed by atoms with van der Waals surface area (Å²) in [7, 11) is 0. The topological polar surface area (TPSA) is 51.7 Å². The predicted octanol–water partition coefficient (Wildman–Crippen LogP) is 1.23. The fourth-order valence-corrected chi connectivity index (χ4v) is 1.83. The van der Waals surface area contributed by atoms with E-state index in [0.29, 0.717) is 32.0 Å². The Morgan fingerprint density at radius 2 is 2.28 bits per heavy atom. The van der Waals surface area contributed by atoms with Gasteiger partial charge in [0.05, 0.1) is 31.7 Å². The van der Waals surface area contributed by atoms with E-state index < -0.39 is 11.8 Å². The Morgan fingerprint density at radius 1 is 1.56 bits per heavy atom. The van der Waals surface area contributed by atoms with Crippen LogP contribution >= 0.6 is 0 Å². The van der Waals surface area contributed by atoms with Crippen molar-refractivity contribution in [1.82, 2.24) is 4.98 Å². The number of hydrogen-bond donors (Lipinski definition) is 0. The Morgan fingerprint density at radius 3 is 2.94 bits per heavy atom.